The fourth-order valence-electron chi connectivity index (χ4n) is 3.99. The summed E-state index contributed by atoms with van der Waals surface area (Å²) in [7, 11) is 0. The minimum absolute atomic E-state index is 0.0212. The zero-order valence-corrected chi connectivity index (χ0v) is 15.7. The van der Waals surface area contributed by atoms with Crippen LogP contribution in [0.25, 0.3) is 10.9 Å². The van der Waals surface area contributed by atoms with Gasteiger partial charge < -0.3 is 15.4 Å². The third kappa shape index (κ3) is 4.17. The average molecular weight is 387 g/mol. The van der Waals surface area contributed by atoms with E-state index in [0.29, 0.717) is 30.8 Å². The van der Waals surface area contributed by atoms with Gasteiger partial charge in [-0.15, -0.1) is 0 Å². The largest absolute Gasteiger partial charge is 0.391 e. The first-order chi connectivity index (χ1) is 13.1. The number of carbonyl (C=O) groups excluding carboxylic acids is 1. The number of amides is 1. The number of para-hydroxylation sites is 1. The Morgan fingerprint density at radius 2 is 2.22 bits per heavy atom. The molecule has 3 atom stereocenters. The van der Waals surface area contributed by atoms with Gasteiger partial charge in [-0.3, -0.25) is 9.48 Å². The number of hydrogen-bond donors (Lipinski definition) is 3. The highest BCUT2D eigenvalue weighted by molar-refractivity contribution is 6.30. The van der Waals surface area contributed by atoms with E-state index in [4.69, 9.17) is 11.6 Å². The molecule has 1 aliphatic rings. The molecule has 0 bridgehead atoms. The Morgan fingerprint density at radius 1 is 1.37 bits per heavy atom. The Bertz CT molecular complexity index is 935. The number of aromatic amines is 1. The molecule has 142 valence electrons. The molecule has 1 unspecified atom stereocenters. The van der Waals surface area contributed by atoms with Gasteiger partial charge in [-0.25, -0.2) is 0 Å². The first-order valence-electron chi connectivity index (χ1n) is 9.29. The molecule has 0 radical (unpaired) electrons. The van der Waals surface area contributed by atoms with E-state index in [9.17, 15) is 9.90 Å². The number of aliphatic hydroxyl groups is 1. The Hall–Kier alpha value is -2.31. The van der Waals surface area contributed by atoms with E-state index in [1.807, 2.05) is 24.4 Å². The van der Waals surface area contributed by atoms with Crippen LogP contribution in [0, 0.1) is 5.92 Å². The predicted octanol–water partition coefficient (Wildman–Crippen LogP) is 2.91. The Morgan fingerprint density at radius 3 is 3.04 bits per heavy atom. The van der Waals surface area contributed by atoms with E-state index >= 15 is 0 Å². The summed E-state index contributed by atoms with van der Waals surface area (Å²) in [6.07, 6.45) is 7.32. The number of nitrogens with one attached hydrogen (secondary N) is 2. The first-order valence-corrected chi connectivity index (χ1v) is 9.66. The zero-order valence-electron chi connectivity index (χ0n) is 14.9. The molecule has 0 spiro atoms. The molecule has 3 aromatic rings. The van der Waals surface area contributed by atoms with Gasteiger partial charge in [0, 0.05) is 36.3 Å². The average Bonchev–Trinajstić information content (AvgIpc) is 3.33. The number of aliphatic hydroxyl groups excluding tert-OH is 1. The molecule has 7 heteroatoms. The second-order valence-electron chi connectivity index (χ2n) is 7.32. The van der Waals surface area contributed by atoms with E-state index in [-0.39, 0.29) is 17.9 Å². The number of benzene rings is 1. The lowest BCUT2D eigenvalue weighted by molar-refractivity contribution is -0.122. The van der Waals surface area contributed by atoms with E-state index < -0.39 is 6.10 Å². The van der Waals surface area contributed by atoms with Crippen LogP contribution in [0.3, 0.4) is 0 Å². The maximum absolute atomic E-state index is 12.4. The quantitative estimate of drug-likeness (QED) is 0.609. The van der Waals surface area contributed by atoms with Crippen molar-refractivity contribution in [3.05, 3.63) is 53.4 Å². The van der Waals surface area contributed by atoms with Crippen molar-refractivity contribution in [1.29, 1.82) is 0 Å². The van der Waals surface area contributed by atoms with Crippen LogP contribution in [0.4, 0.5) is 0 Å². The molecule has 2 heterocycles. The van der Waals surface area contributed by atoms with Gasteiger partial charge in [0.05, 0.1) is 23.4 Å². The molecule has 0 saturated heterocycles. The van der Waals surface area contributed by atoms with Crippen molar-refractivity contribution in [2.75, 3.05) is 0 Å². The first kappa shape index (κ1) is 18.1. The molecule has 6 nitrogen and oxygen atoms in total. The van der Waals surface area contributed by atoms with Crippen LogP contribution < -0.4 is 5.32 Å². The van der Waals surface area contributed by atoms with Gasteiger partial charge in [0.1, 0.15) is 0 Å². The third-order valence-electron chi connectivity index (χ3n) is 5.32. The molecule has 1 aliphatic carbocycles. The van der Waals surface area contributed by atoms with Gasteiger partial charge in [-0.1, -0.05) is 29.8 Å². The lowest BCUT2D eigenvalue weighted by Gasteiger charge is -2.16. The fraction of sp³-hybridized carbons (Fsp3) is 0.400. The number of H-pyrrole nitrogens is 1. The molecular formula is C20H23ClN4O2. The third-order valence-corrected chi connectivity index (χ3v) is 5.51. The lowest BCUT2D eigenvalue weighted by atomic mass is 10.1. The molecule has 4 rings (SSSR count). The monoisotopic (exact) mass is 386 g/mol. The summed E-state index contributed by atoms with van der Waals surface area (Å²) in [6, 6.07) is 7.88. The van der Waals surface area contributed by atoms with Crippen LogP contribution in [0.5, 0.6) is 0 Å². The SMILES string of the molecule is O=C(CCc1c[nH]c2ccccc12)N[C@@H]1CC(Cn2cc(Cl)cn2)C[C@H]1O. The van der Waals surface area contributed by atoms with Crippen molar-refractivity contribution in [3.8, 4) is 0 Å². The molecule has 1 aromatic carbocycles. The van der Waals surface area contributed by atoms with Crippen LogP contribution in [0.1, 0.15) is 24.8 Å². The van der Waals surface area contributed by atoms with E-state index in [1.165, 1.54) is 0 Å². The fourth-order valence-corrected chi connectivity index (χ4v) is 4.15. The van der Waals surface area contributed by atoms with Crippen molar-refractivity contribution in [2.24, 2.45) is 5.92 Å². The molecule has 1 amide bonds. The number of rotatable bonds is 6. The minimum Gasteiger partial charge on any atom is -0.391 e. The highest BCUT2D eigenvalue weighted by atomic mass is 35.5. The maximum atomic E-state index is 12.4. The second-order valence-corrected chi connectivity index (χ2v) is 7.76. The smallest absolute Gasteiger partial charge is 0.220 e. The van der Waals surface area contributed by atoms with Crippen molar-refractivity contribution in [2.45, 2.75) is 44.4 Å². The molecule has 3 N–H and O–H groups in total. The zero-order chi connectivity index (χ0) is 18.8. The van der Waals surface area contributed by atoms with Crippen LogP contribution >= 0.6 is 11.6 Å². The number of aryl methyl sites for hydroxylation is 1. The van der Waals surface area contributed by atoms with Crippen LogP contribution in [-0.2, 0) is 17.8 Å². The Labute approximate surface area is 162 Å². The Balaban J connectivity index is 1.29. The molecule has 1 saturated carbocycles. The molecule has 27 heavy (non-hydrogen) atoms. The predicted molar refractivity (Wildman–Crippen MR) is 105 cm³/mol. The number of fused-ring (bicyclic) bond motifs is 1. The van der Waals surface area contributed by atoms with Crippen molar-refractivity contribution in [3.63, 3.8) is 0 Å². The maximum Gasteiger partial charge on any atom is 0.220 e. The van der Waals surface area contributed by atoms with Crippen molar-refractivity contribution >= 4 is 28.4 Å². The highest BCUT2D eigenvalue weighted by Crippen LogP contribution is 2.28. The van der Waals surface area contributed by atoms with E-state index in [2.05, 4.69) is 21.5 Å². The standard InChI is InChI=1S/C20H23ClN4O2/c21-15-10-23-25(12-15)11-13-7-18(19(26)8-13)24-20(27)6-5-14-9-22-17-4-2-1-3-16(14)17/h1-4,9-10,12-13,18-19,22,26H,5-8,11H2,(H,24,27)/t13?,18-,19-/m1/s1. The van der Waals surface area contributed by atoms with Gasteiger partial charge in [-0.2, -0.15) is 5.10 Å². The van der Waals surface area contributed by atoms with Gasteiger partial charge in [0.15, 0.2) is 0 Å². The number of carbonyl (C=O) groups is 1. The number of halogens is 1. The van der Waals surface area contributed by atoms with Crippen molar-refractivity contribution < 1.29 is 9.90 Å². The summed E-state index contributed by atoms with van der Waals surface area (Å²) < 4.78 is 1.79. The van der Waals surface area contributed by atoms with Crippen LogP contribution in [0.2, 0.25) is 5.02 Å². The van der Waals surface area contributed by atoms with Crippen LogP contribution in [-0.4, -0.2) is 37.9 Å². The summed E-state index contributed by atoms with van der Waals surface area (Å²) in [5, 5.41) is 19.3. The molecule has 0 aliphatic heterocycles. The van der Waals surface area contributed by atoms with Gasteiger partial charge >= 0.3 is 0 Å². The van der Waals surface area contributed by atoms with Crippen LogP contribution in [0.15, 0.2) is 42.9 Å². The van der Waals surface area contributed by atoms with E-state index in [0.717, 1.165) is 22.9 Å². The van der Waals surface area contributed by atoms with Gasteiger partial charge in [0.2, 0.25) is 5.91 Å². The highest BCUT2D eigenvalue weighted by Gasteiger charge is 2.34. The minimum atomic E-state index is -0.516. The molecule has 1 fully saturated rings. The summed E-state index contributed by atoms with van der Waals surface area (Å²) >= 11 is 5.89. The summed E-state index contributed by atoms with van der Waals surface area (Å²) in [5.41, 5.74) is 2.22. The van der Waals surface area contributed by atoms with Crippen molar-refractivity contribution in [1.82, 2.24) is 20.1 Å². The number of nitrogens with zero attached hydrogens (tertiary/aromatic N) is 2. The Kier molecular flexibility index (Phi) is 5.18. The second kappa shape index (κ2) is 7.74. The van der Waals surface area contributed by atoms with E-state index in [1.54, 1.807) is 17.1 Å². The normalized spacial score (nSPS) is 22.4. The lowest BCUT2D eigenvalue weighted by Crippen LogP contribution is -2.40. The topological polar surface area (TPSA) is 82.9 Å². The van der Waals surface area contributed by atoms with Gasteiger partial charge in [0.25, 0.3) is 0 Å². The van der Waals surface area contributed by atoms with Gasteiger partial charge in [-0.05, 0) is 36.8 Å². The molecule has 2 aromatic heterocycles. The number of hydrogen-bond acceptors (Lipinski definition) is 3. The summed E-state index contributed by atoms with van der Waals surface area (Å²) in [5.74, 6) is 0.252. The number of aromatic nitrogens is 3. The summed E-state index contributed by atoms with van der Waals surface area (Å²) in [6.45, 7) is 0.700. The summed E-state index contributed by atoms with van der Waals surface area (Å²) in [4.78, 5) is 15.6. The molecular weight excluding hydrogens is 364 g/mol.